The highest BCUT2D eigenvalue weighted by Gasteiger charge is 2.24. The van der Waals surface area contributed by atoms with E-state index in [1.54, 1.807) is 12.4 Å². The number of nitrogens with one attached hydrogen (secondary N) is 1. The molecule has 0 bridgehead atoms. The number of hydrogen-bond acceptors (Lipinski definition) is 6. The summed E-state index contributed by atoms with van der Waals surface area (Å²) in [6.45, 7) is 0.749. The summed E-state index contributed by atoms with van der Waals surface area (Å²) < 4.78 is 5.04. The fourth-order valence-corrected chi connectivity index (χ4v) is 2.05. The van der Waals surface area contributed by atoms with Crippen molar-refractivity contribution in [1.82, 2.24) is 5.48 Å². The van der Waals surface area contributed by atoms with Crippen LogP contribution in [0.2, 0.25) is 0 Å². The Morgan fingerprint density at radius 3 is 2.14 bits per heavy atom. The SMILES string of the molecule is O=C1COCC1N=Cc1ccc(C=NC2CONC2=O)cc1. The fraction of sp³-hybridized carbons (Fsp3) is 0.333. The van der Waals surface area contributed by atoms with Gasteiger partial charge < -0.3 is 4.74 Å². The van der Waals surface area contributed by atoms with Crippen molar-refractivity contribution in [2.24, 2.45) is 9.98 Å². The lowest BCUT2D eigenvalue weighted by molar-refractivity contribution is -0.124. The van der Waals surface area contributed by atoms with E-state index in [9.17, 15) is 9.59 Å². The molecule has 114 valence electrons. The number of ketones is 1. The van der Waals surface area contributed by atoms with Gasteiger partial charge in [0.2, 0.25) is 0 Å². The van der Waals surface area contributed by atoms with E-state index in [0.717, 1.165) is 11.1 Å². The summed E-state index contributed by atoms with van der Waals surface area (Å²) in [5.41, 5.74) is 4.01. The van der Waals surface area contributed by atoms with Crippen molar-refractivity contribution in [1.29, 1.82) is 0 Å². The smallest absolute Gasteiger partial charge is 0.270 e. The minimum atomic E-state index is -0.491. The van der Waals surface area contributed by atoms with Crippen LogP contribution in [0.3, 0.4) is 0 Å². The Hall–Kier alpha value is -2.38. The first kappa shape index (κ1) is 14.6. The lowest BCUT2D eigenvalue weighted by atomic mass is 10.1. The lowest BCUT2D eigenvalue weighted by Gasteiger charge is -2.00. The van der Waals surface area contributed by atoms with Gasteiger partial charge in [-0.1, -0.05) is 24.3 Å². The summed E-state index contributed by atoms with van der Waals surface area (Å²) in [4.78, 5) is 35.9. The van der Waals surface area contributed by atoms with Gasteiger partial charge in [0.15, 0.2) is 11.8 Å². The second-order valence-electron chi connectivity index (χ2n) is 5.01. The van der Waals surface area contributed by atoms with E-state index in [-0.39, 0.29) is 30.9 Å². The van der Waals surface area contributed by atoms with E-state index in [2.05, 4.69) is 15.5 Å². The standard InChI is InChI=1S/C15H15N3O4/c19-14-9-21-7-12(14)16-5-10-1-3-11(4-2-10)6-17-13-8-22-18-15(13)20/h1-6,12-13H,7-9H2,(H,18,20). The van der Waals surface area contributed by atoms with E-state index >= 15 is 0 Å². The highest BCUT2D eigenvalue weighted by atomic mass is 16.7. The molecule has 1 amide bonds. The summed E-state index contributed by atoms with van der Waals surface area (Å²) in [7, 11) is 0. The van der Waals surface area contributed by atoms with E-state index in [1.165, 1.54) is 0 Å². The second-order valence-corrected chi connectivity index (χ2v) is 5.01. The first-order chi connectivity index (χ1) is 10.7. The maximum Gasteiger partial charge on any atom is 0.270 e. The molecule has 0 aliphatic carbocycles. The van der Waals surface area contributed by atoms with Crippen molar-refractivity contribution >= 4 is 24.1 Å². The predicted molar refractivity (Wildman–Crippen MR) is 79.1 cm³/mol. The summed E-state index contributed by atoms with van der Waals surface area (Å²) in [6, 6.07) is 6.60. The Labute approximate surface area is 127 Å². The maximum absolute atomic E-state index is 11.4. The molecule has 7 nitrogen and oxygen atoms in total. The van der Waals surface area contributed by atoms with Gasteiger partial charge in [-0.25, -0.2) is 5.48 Å². The third-order valence-corrected chi connectivity index (χ3v) is 3.35. The quantitative estimate of drug-likeness (QED) is 0.788. The van der Waals surface area contributed by atoms with E-state index in [1.807, 2.05) is 24.3 Å². The number of rotatable bonds is 4. The van der Waals surface area contributed by atoms with Crippen molar-refractivity contribution in [3.8, 4) is 0 Å². The van der Waals surface area contributed by atoms with Gasteiger partial charge in [-0.15, -0.1) is 0 Å². The number of aliphatic imine (C=N–C) groups is 2. The molecule has 1 aromatic carbocycles. The van der Waals surface area contributed by atoms with Crippen LogP contribution in [-0.4, -0.2) is 56.0 Å². The maximum atomic E-state index is 11.4. The predicted octanol–water partition coefficient (Wildman–Crippen LogP) is -0.0777. The van der Waals surface area contributed by atoms with Gasteiger partial charge in [-0.2, -0.15) is 0 Å². The average molecular weight is 301 g/mol. The molecule has 0 aromatic heterocycles. The molecule has 0 saturated carbocycles. The monoisotopic (exact) mass is 301 g/mol. The number of amides is 1. The van der Waals surface area contributed by atoms with Gasteiger partial charge >= 0.3 is 0 Å². The molecule has 2 aliphatic heterocycles. The molecule has 7 heteroatoms. The van der Waals surface area contributed by atoms with E-state index in [4.69, 9.17) is 9.57 Å². The van der Waals surface area contributed by atoms with Crippen molar-refractivity contribution in [3.05, 3.63) is 35.4 Å². The van der Waals surface area contributed by atoms with Crippen LogP contribution < -0.4 is 5.48 Å². The van der Waals surface area contributed by atoms with Crippen molar-refractivity contribution in [2.75, 3.05) is 19.8 Å². The average Bonchev–Trinajstić information content (AvgIpc) is 3.12. The molecule has 1 N–H and O–H groups in total. The van der Waals surface area contributed by atoms with Crippen molar-refractivity contribution < 1.29 is 19.2 Å². The van der Waals surface area contributed by atoms with Crippen LogP contribution in [0.1, 0.15) is 11.1 Å². The van der Waals surface area contributed by atoms with Gasteiger partial charge in [0, 0.05) is 12.4 Å². The molecule has 2 saturated heterocycles. The zero-order chi connectivity index (χ0) is 15.4. The third-order valence-electron chi connectivity index (χ3n) is 3.35. The van der Waals surface area contributed by atoms with Gasteiger partial charge in [-0.3, -0.25) is 24.4 Å². The molecule has 22 heavy (non-hydrogen) atoms. The normalized spacial score (nSPS) is 25.5. The summed E-state index contributed by atoms with van der Waals surface area (Å²) >= 11 is 0. The molecule has 2 unspecified atom stereocenters. The molecule has 0 spiro atoms. The molecular weight excluding hydrogens is 286 g/mol. The summed E-state index contributed by atoms with van der Waals surface area (Å²) in [5.74, 6) is -0.222. The van der Waals surface area contributed by atoms with Crippen molar-refractivity contribution in [3.63, 3.8) is 0 Å². The Kier molecular flexibility index (Phi) is 4.36. The highest BCUT2D eigenvalue weighted by molar-refractivity contribution is 5.91. The summed E-state index contributed by atoms with van der Waals surface area (Å²) in [5, 5.41) is 0. The number of nitrogens with zero attached hydrogens (tertiary/aromatic N) is 2. The van der Waals surface area contributed by atoms with Gasteiger partial charge in [0.1, 0.15) is 19.3 Å². The zero-order valence-corrected chi connectivity index (χ0v) is 11.8. The first-order valence-electron chi connectivity index (χ1n) is 6.91. The van der Waals surface area contributed by atoms with Crippen LogP contribution in [0, 0.1) is 0 Å². The number of hydrogen-bond donors (Lipinski definition) is 1. The lowest BCUT2D eigenvalue weighted by Crippen LogP contribution is -2.21. The minimum Gasteiger partial charge on any atom is -0.371 e. The first-order valence-corrected chi connectivity index (χ1v) is 6.91. The van der Waals surface area contributed by atoms with E-state index < -0.39 is 6.04 Å². The molecule has 2 atom stereocenters. The Morgan fingerprint density at radius 2 is 1.64 bits per heavy atom. The van der Waals surface area contributed by atoms with Crippen LogP contribution in [0.15, 0.2) is 34.3 Å². The fourth-order valence-electron chi connectivity index (χ4n) is 2.05. The molecular formula is C15H15N3O4. The third kappa shape index (κ3) is 3.44. The summed E-state index contributed by atoms with van der Waals surface area (Å²) in [6.07, 6.45) is 3.30. The molecule has 0 radical (unpaired) electrons. The van der Waals surface area contributed by atoms with Gasteiger partial charge in [-0.05, 0) is 11.1 Å². The van der Waals surface area contributed by atoms with Gasteiger partial charge in [0.05, 0.1) is 6.61 Å². The second kappa shape index (κ2) is 6.59. The van der Waals surface area contributed by atoms with Crippen LogP contribution >= 0.6 is 0 Å². The Balaban J connectivity index is 1.60. The molecule has 2 heterocycles. The van der Waals surface area contributed by atoms with Crippen LogP contribution in [0.25, 0.3) is 0 Å². The van der Waals surface area contributed by atoms with Crippen molar-refractivity contribution in [2.45, 2.75) is 12.1 Å². The topological polar surface area (TPSA) is 89.3 Å². The minimum absolute atomic E-state index is 0.0112. The van der Waals surface area contributed by atoms with Crippen LogP contribution in [0.4, 0.5) is 0 Å². The number of hydroxylamine groups is 1. The molecule has 2 fully saturated rings. The number of carbonyl (C=O) groups excluding carboxylic acids is 2. The number of ether oxygens (including phenoxy) is 1. The molecule has 2 aliphatic rings. The number of carbonyl (C=O) groups is 2. The molecule has 1 aromatic rings. The van der Waals surface area contributed by atoms with Gasteiger partial charge in [0.25, 0.3) is 5.91 Å². The van der Waals surface area contributed by atoms with Crippen LogP contribution in [-0.2, 0) is 19.2 Å². The van der Waals surface area contributed by atoms with E-state index in [0.29, 0.717) is 6.61 Å². The Morgan fingerprint density at radius 1 is 1.00 bits per heavy atom. The number of Topliss-reactive ketones (excluding diaryl/α,β-unsaturated/α-hetero) is 1. The number of benzene rings is 1. The Bertz CT molecular complexity index is 569. The highest BCUT2D eigenvalue weighted by Crippen LogP contribution is 2.06. The van der Waals surface area contributed by atoms with Crippen LogP contribution in [0.5, 0.6) is 0 Å². The zero-order valence-electron chi connectivity index (χ0n) is 11.8. The largest absolute Gasteiger partial charge is 0.371 e. The molecule has 3 rings (SSSR count).